The summed E-state index contributed by atoms with van der Waals surface area (Å²) in [4.78, 5) is 35.6. The van der Waals surface area contributed by atoms with Crippen LogP contribution in [0.5, 0.6) is 0 Å². The highest BCUT2D eigenvalue weighted by molar-refractivity contribution is 7.11. The van der Waals surface area contributed by atoms with Crippen molar-refractivity contribution in [2.45, 2.75) is 19.0 Å². The van der Waals surface area contributed by atoms with Gasteiger partial charge in [-0.05, 0) is 19.1 Å². The van der Waals surface area contributed by atoms with Crippen molar-refractivity contribution in [3.63, 3.8) is 0 Å². The summed E-state index contributed by atoms with van der Waals surface area (Å²) in [7, 11) is 1.24. The van der Waals surface area contributed by atoms with Crippen molar-refractivity contribution < 1.29 is 28.6 Å². The van der Waals surface area contributed by atoms with Gasteiger partial charge < -0.3 is 19.9 Å². The molecular formula is C22H22ClFN4O5S. The second kappa shape index (κ2) is 10.2. The number of aliphatic imine (C=N–C) groups is 1. The zero-order valence-electron chi connectivity index (χ0n) is 18.4. The van der Waals surface area contributed by atoms with E-state index in [0.717, 1.165) is 11.8 Å². The third-order valence-electron chi connectivity index (χ3n) is 5.50. The van der Waals surface area contributed by atoms with Crippen molar-refractivity contribution >= 4 is 40.7 Å². The van der Waals surface area contributed by atoms with Crippen molar-refractivity contribution in [1.82, 2.24) is 15.2 Å². The minimum atomic E-state index is -1.03. The van der Waals surface area contributed by atoms with Gasteiger partial charge in [-0.15, -0.1) is 11.3 Å². The lowest BCUT2D eigenvalue weighted by Gasteiger charge is -2.35. The molecule has 1 aromatic heterocycles. The van der Waals surface area contributed by atoms with Gasteiger partial charge in [-0.3, -0.25) is 14.7 Å². The van der Waals surface area contributed by atoms with Gasteiger partial charge in [0.15, 0.2) is 10.8 Å². The molecule has 1 saturated heterocycles. The smallest absolute Gasteiger partial charge is 0.338 e. The Morgan fingerprint density at radius 3 is 2.88 bits per heavy atom. The Morgan fingerprint density at radius 2 is 2.24 bits per heavy atom. The minimum absolute atomic E-state index is 0.0238. The number of methoxy groups -OCH3 is 1. The second-order valence-corrected chi connectivity index (χ2v) is 9.01. The number of nitrogens with zero attached hydrogens (tertiary/aromatic N) is 3. The predicted molar refractivity (Wildman–Crippen MR) is 124 cm³/mol. The van der Waals surface area contributed by atoms with Crippen LogP contribution in [-0.2, 0) is 19.1 Å². The largest absolute Gasteiger partial charge is 0.480 e. The van der Waals surface area contributed by atoms with E-state index in [2.05, 4.69) is 10.3 Å². The molecule has 2 atom stereocenters. The molecule has 0 spiro atoms. The number of rotatable bonds is 6. The standard InChI is InChI=1S/C22H22ClFN4O5S/c1-11-10-34-20(25-11)19-26-15(8-28-5-6-33-9-16(28)21(29)30)17(22(31)32-2)18(27-19)13-4-3-12(24)7-14(13)23/h3-4,7,10,16,18H,5-6,8-9H2,1-2H3,(H,26,27)(H,29,30). The summed E-state index contributed by atoms with van der Waals surface area (Å²) in [5, 5.41) is 15.4. The first kappa shape index (κ1) is 24.3. The Morgan fingerprint density at radius 1 is 1.44 bits per heavy atom. The number of aromatic nitrogens is 1. The van der Waals surface area contributed by atoms with Gasteiger partial charge >= 0.3 is 11.9 Å². The van der Waals surface area contributed by atoms with Gasteiger partial charge in [0.1, 0.15) is 17.9 Å². The lowest BCUT2D eigenvalue weighted by atomic mass is 9.95. The van der Waals surface area contributed by atoms with Gasteiger partial charge in [0.25, 0.3) is 0 Å². The molecule has 2 N–H and O–H groups in total. The third kappa shape index (κ3) is 4.97. The fourth-order valence-electron chi connectivity index (χ4n) is 3.85. The van der Waals surface area contributed by atoms with Gasteiger partial charge in [0.05, 0.1) is 25.9 Å². The SMILES string of the molecule is COC(=O)C1=C(CN2CCOCC2C(=O)O)NC(c2nc(C)cs2)=NC1c1ccc(F)cc1Cl. The lowest BCUT2D eigenvalue weighted by molar-refractivity contribution is -0.149. The molecule has 1 aromatic carbocycles. The Kier molecular flexibility index (Phi) is 7.27. The maximum absolute atomic E-state index is 13.8. The van der Waals surface area contributed by atoms with E-state index < -0.39 is 29.8 Å². The highest BCUT2D eigenvalue weighted by atomic mass is 35.5. The molecule has 9 nitrogen and oxygen atoms in total. The van der Waals surface area contributed by atoms with Gasteiger partial charge in [0.2, 0.25) is 0 Å². The van der Waals surface area contributed by atoms with Crippen LogP contribution >= 0.6 is 22.9 Å². The molecule has 12 heteroatoms. The zero-order valence-corrected chi connectivity index (χ0v) is 20.0. The first-order valence-corrected chi connectivity index (χ1v) is 11.6. The van der Waals surface area contributed by atoms with E-state index in [1.165, 1.54) is 30.6 Å². The number of thiazole rings is 1. The van der Waals surface area contributed by atoms with Gasteiger partial charge in [0, 0.05) is 40.4 Å². The van der Waals surface area contributed by atoms with Crippen molar-refractivity contribution in [3.8, 4) is 0 Å². The summed E-state index contributed by atoms with van der Waals surface area (Å²) in [6.07, 6.45) is 0. The number of ether oxygens (including phenoxy) is 2. The van der Waals surface area contributed by atoms with Crippen LogP contribution in [-0.4, -0.2) is 72.2 Å². The Hall–Kier alpha value is -2.86. The van der Waals surface area contributed by atoms with E-state index in [1.54, 1.807) is 4.90 Å². The van der Waals surface area contributed by atoms with Crippen LogP contribution in [0.15, 0.2) is 39.8 Å². The summed E-state index contributed by atoms with van der Waals surface area (Å²) in [5.74, 6) is -1.82. The number of carboxylic acid groups (broad SMARTS) is 1. The third-order valence-corrected chi connectivity index (χ3v) is 6.79. The number of carbonyl (C=O) groups is 2. The number of carboxylic acids is 1. The van der Waals surface area contributed by atoms with Crippen LogP contribution in [0.3, 0.4) is 0 Å². The summed E-state index contributed by atoms with van der Waals surface area (Å²) < 4.78 is 24.1. The molecule has 0 saturated carbocycles. The predicted octanol–water partition coefficient (Wildman–Crippen LogP) is 2.55. The fraction of sp³-hybridized carbons (Fsp3) is 0.364. The molecule has 34 heavy (non-hydrogen) atoms. The molecule has 2 aliphatic rings. The Labute approximate surface area is 203 Å². The molecule has 0 aliphatic carbocycles. The van der Waals surface area contributed by atoms with Crippen LogP contribution in [0.2, 0.25) is 5.02 Å². The van der Waals surface area contributed by atoms with Crippen LogP contribution in [0, 0.1) is 12.7 Å². The highest BCUT2D eigenvalue weighted by Crippen LogP contribution is 2.37. The molecule has 0 radical (unpaired) electrons. The number of benzene rings is 1. The summed E-state index contributed by atoms with van der Waals surface area (Å²) in [6, 6.07) is 2.05. The molecule has 2 unspecified atom stereocenters. The van der Waals surface area contributed by atoms with Gasteiger partial charge in [-0.25, -0.2) is 14.2 Å². The number of carbonyl (C=O) groups excluding carboxylic acids is 1. The second-order valence-electron chi connectivity index (χ2n) is 7.75. The number of amidine groups is 1. The van der Waals surface area contributed by atoms with E-state index >= 15 is 0 Å². The topological polar surface area (TPSA) is 113 Å². The Bertz CT molecular complexity index is 1180. The number of halogens is 2. The Balaban J connectivity index is 1.84. The van der Waals surface area contributed by atoms with Crippen LogP contribution in [0.4, 0.5) is 4.39 Å². The molecule has 4 rings (SSSR count). The maximum atomic E-state index is 13.8. The number of hydrogen-bond acceptors (Lipinski definition) is 9. The number of esters is 1. The van der Waals surface area contributed by atoms with Crippen molar-refractivity contribution in [2.24, 2.45) is 4.99 Å². The molecule has 2 aromatic rings. The molecule has 0 amide bonds. The average molecular weight is 509 g/mol. The molecule has 0 bridgehead atoms. The number of nitrogens with one attached hydrogen (secondary N) is 1. The number of aryl methyl sites for hydroxylation is 1. The van der Waals surface area contributed by atoms with E-state index in [9.17, 15) is 19.1 Å². The van der Waals surface area contributed by atoms with Crippen molar-refractivity contribution in [2.75, 3.05) is 33.4 Å². The summed E-state index contributed by atoms with van der Waals surface area (Å²) in [6.45, 7) is 2.66. The first-order chi connectivity index (χ1) is 16.3. The normalized spacial score (nSPS) is 21.1. The van der Waals surface area contributed by atoms with E-state index in [0.29, 0.717) is 35.3 Å². The lowest BCUT2D eigenvalue weighted by Crippen LogP contribution is -2.52. The monoisotopic (exact) mass is 508 g/mol. The van der Waals surface area contributed by atoms with Crippen molar-refractivity contribution in [1.29, 1.82) is 0 Å². The van der Waals surface area contributed by atoms with E-state index in [-0.39, 0.29) is 23.7 Å². The average Bonchev–Trinajstić information content (AvgIpc) is 3.24. The first-order valence-electron chi connectivity index (χ1n) is 10.4. The molecular weight excluding hydrogens is 487 g/mol. The molecule has 2 aliphatic heterocycles. The van der Waals surface area contributed by atoms with Crippen LogP contribution in [0.25, 0.3) is 0 Å². The van der Waals surface area contributed by atoms with Crippen LogP contribution < -0.4 is 5.32 Å². The van der Waals surface area contributed by atoms with Gasteiger partial charge in [-0.2, -0.15) is 0 Å². The molecule has 1 fully saturated rings. The maximum Gasteiger partial charge on any atom is 0.338 e. The van der Waals surface area contributed by atoms with E-state index in [4.69, 9.17) is 26.1 Å². The zero-order chi connectivity index (χ0) is 24.4. The number of aliphatic carboxylic acids is 1. The van der Waals surface area contributed by atoms with Crippen LogP contribution in [0.1, 0.15) is 22.3 Å². The summed E-state index contributed by atoms with van der Waals surface area (Å²) >= 11 is 7.72. The van der Waals surface area contributed by atoms with Crippen molar-refractivity contribution in [3.05, 3.63) is 62.0 Å². The minimum Gasteiger partial charge on any atom is -0.480 e. The summed E-state index contributed by atoms with van der Waals surface area (Å²) in [5.41, 5.74) is 1.76. The van der Waals surface area contributed by atoms with E-state index in [1.807, 2.05) is 12.3 Å². The fourth-order valence-corrected chi connectivity index (χ4v) is 4.87. The quantitative estimate of drug-likeness (QED) is 0.572. The van der Waals surface area contributed by atoms with Gasteiger partial charge in [-0.1, -0.05) is 17.7 Å². The number of hydrogen-bond donors (Lipinski definition) is 2. The number of morpholine rings is 1. The molecule has 3 heterocycles. The highest BCUT2D eigenvalue weighted by Gasteiger charge is 2.37. The molecule has 180 valence electrons.